The van der Waals surface area contributed by atoms with E-state index in [4.69, 9.17) is 4.74 Å². The van der Waals surface area contributed by atoms with Crippen LogP contribution >= 0.6 is 11.8 Å². The second-order valence-electron chi connectivity index (χ2n) is 5.38. The molecule has 0 N–H and O–H groups in total. The molecule has 0 unspecified atom stereocenters. The average molecular weight is 340 g/mol. The Balaban J connectivity index is 1.78. The summed E-state index contributed by atoms with van der Waals surface area (Å²) in [4.78, 5) is 6.78. The number of anilines is 1. The van der Waals surface area contributed by atoms with Crippen LogP contribution in [0.1, 0.15) is 13.8 Å². The molecule has 2 aliphatic rings. The third-order valence-corrected chi connectivity index (χ3v) is 7.06. The fourth-order valence-corrected chi connectivity index (χ4v) is 6.63. The summed E-state index contributed by atoms with van der Waals surface area (Å²) < 4.78 is 28.8. The zero-order chi connectivity index (χ0) is 15.7. The number of rotatable bonds is 4. The summed E-state index contributed by atoms with van der Waals surface area (Å²) in [5.74, 6) is 1.29. The smallest absolute Gasteiger partial charge is 0.164 e. The first-order chi connectivity index (χ1) is 10.5. The normalized spacial score (nSPS) is 25.6. The summed E-state index contributed by atoms with van der Waals surface area (Å²) in [6.07, 6.45) is 0. The Morgan fingerprint density at radius 2 is 2.00 bits per heavy atom. The Hall–Kier alpha value is -1.21. The van der Waals surface area contributed by atoms with Gasteiger partial charge in [-0.3, -0.25) is 4.99 Å². The van der Waals surface area contributed by atoms with E-state index in [0.29, 0.717) is 6.61 Å². The van der Waals surface area contributed by atoms with E-state index < -0.39 is 9.84 Å². The molecule has 0 saturated carbocycles. The van der Waals surface area contributed by atoms with Crippen LogP contribution in [0.3, 0.4) is 0 Å². The molecule has 0 aliphatic carbocycles. The second-order valence-corrected chi connectivity index (χ2v) is 8.74. The van der Waals surface area contributed by atoms with E-state index >= 15 is 0 Å². The largest absolute Gasteiger partial charge is 0.494 e. The van der Waals surface area contributed by atoms with Crippen LogP contribution in [0.5, 0.6) is 5.75 Å². The maximum Gasteiger partial charge on any atom is 0.164 e. The summed E-state index contributed by atoms with van der Waals surface area (Å²) in [5.41, 5.74) is 1.06. The Labute approximate surface area is 135 Å². The summed E-state index contributed by atoms with van der Waals surface area (Å²) in [7, 11) is -2.90. The number of thioether (sulfide) groups is 1. The molecule has 0 bridgehead atoms. The van der Waals surface area contributed by atoms with Gasteiger partial charge in [-0.25, -0.2) is 8.42 Å². The highest BCUT2D eigenvalue weighted by molar-refractivity contribution is 8.15. The molecule has 2 heterocycles. The number of hydrogen-bond donors (Lipinski definition) is 0. The highest BCUT2D eigenvalue weighted by atomic mass is 32.2. The average Bonchev–Trinajstić information content (AvgIpc) is 2.95. The summed E-state index contributed by atoms with van der Waals surface area (Å²) in [6, 6.07) is 7.85. The minimum absolute atomic E-state index is 0.0803. The molecule has 120 valence electrons. The fraction of sp³-hybridized carbons (Fsp3) is 0.533. The van der Waals surface area contributed by atoms with Crippen LogP contribution < -0.4 is 9.64 Å². The zero-order valence-corrected chi connectivity index (χ0v) is 14.4. The van der Waals surface area contributed by atoms with Gasteiger partial charge in [0.15, 0.2) is 15.0 Å². The molecule has 1 saturated heterocycles. The Kier molecular flexibility index (Phi) is 4.36. The predicted octanol–water partition coefficient (Wildman–Crippen LogP) is 2.18. The summed E-state index contributed by atoms with van der Waals surface area (Å²) >= 11 is 1.59. The molecular weight excluding hydrogens is 320 g/mol. The van der Waals surface area contributed by atoms with Crippen molar-refractivity contribution in [1.29, 1.82) is 0 Å². The maximum atomic E-state index is 11.6. The van der Waals surface area contributed by atoms with Crippen LogP contribution in [0.25, 0.3) is 0 Å². The second kappa shape index (κ2) is 6.12. The third-order valence-electron chi connectivity index (χ3n) is 3.81. The monoisotopic (exact) mass is 340 g/mol. The lowest BCUT2D eigenvalue weighted by Gasteiger charge is -2.23. The van der Waals surface area contributed by atoms with Gasteiger partial charge in [0.1, 0.15) is 5.75 Å². The van der Waals surface area contributed by atoms with Gasteiger partial charge in [-0.15, -0.1) is 0 Å². The van der Waals surface area contributed by atoms with Crippen LogP contribution in [0.4, 0.5) is 5.69 Å². The summed E-state index contributed by atoms with van der Waals surface area (Å²) in [6.45, 7) is 5.48. The van der Waals surface area contributed by atoms with E-state index in [0.717, 1.165) is 23.1 Å². The molecule has 2 aliphatic heterocycles. The van der Waals surface area contributed by atoms with Crippen LogP contribution in [-0.4, -0.2) is 49.5 Å². The lowest BCUT2D eigenvalue weighted by atomic mass is 10.2. The number of amidine groups is 1. The third kappa shape index (κ3) is 3.10. The van der Waals surface area contributed by atoms with Gasteiger partial charge in [-0.2, -0.15) is 0 Å². The Morgan fingerprint density at radius 3 is 2.59 bits per heavy atom. The fourth-order valence-electron chi connectivity index (χ4n) is 2.79. The lowest BCUT2D eigenvalue weighted by molar-refractivity contribution is 0.340. The lowest BCUT2D eigenvalue weighted by Crippen LogP contribution is -2.28. The van der Waals surface area contributed by atoms with Crippen molar-refractivity contribution in [2.24, 2.45) is 4.99 Å². The number of sulfone groups is 1. The van der Waals surface area contributed by atoms with Gasteiger partial charge in [0.25, 0.3) is 0 Å². The van der Waals surface area contributed by atoms with Crippen LogP contribution in [0.15, 0.2) is 29.3 Å². The number of aliphatic imine (C=N–C) groups is 1. The molecule has 1 aromatic rings. The van der Waals surface area contributed by atoms with Crippen LogP contribution in [-0.2, 0) is 9.84 Å². The Bertz CT molecular complexity index is 671. The molecular formula is C15H20N2O3S2. The van der Waals surface area contributed by atoms with E-state index in [1.165, 1.54) is 0 Å². The molecule has 7 heteroatoms. The minimum Gasteiger partial charge on any atom is -0.494 e. The van der Waals surface area contributed by atoms with Crippen molar-refractivity contribution in [2.45, 2.75) is 25.1 Å². The van der Waals surface area contributed by atoms with Crippen molar-refractivity contribution < 1.29 is 13.2 Å². The molecule has 3 rings (SSSR count). The van der Waals surface area contributed by atoms with Gasteiger partial charge in [0, 0.05) is 17.5 Å². The highest BCUT2D eigenvalue weighted by Gasteiger charge is 2.43. The number of nitrogens with zero attached hydrogens (tertiary/aromatic N) is 2. The van der Waals surface area contributed by atoms with Gasteiger partial charge in [0.2, 0.25) is 0 Å². The Morgan fingerprint density at radius 1 is 1.27 bits per heavy atom. The molecule has 1 aromatic carbocycles. The van der Waals surface area contributed by atoms with Crippen molar-refractivity contribution >= 4 is 32.5 Å². The SMILES string of the molecule is CCOc1ccc(N(CC)C2=N[C@@H]3CS(=O)(=O)C[C@H]3S2)cc1. The molecule has 0 amide bonds. The zero-order valence-electron chi connectivity index (χ0n) is 12.7. The molecule has 5 nitrogen and oxygen atoms in total. The van der Waals surface area contributed by atoms with Crippen molar-refractivity contribution in [2.75, 3.05) is 29.6 Å². The van der Waals surface area contributed by atoms with Crippen LogP contribution in [0, 0.1) is 0 Å². The first kappa shape index (κ1) is 15.7. The van der Waals surface area contributed by atoms with Crippen molar-refractivity contribution in [1.82, 2.24) is 0 Å². The number of hydrogen-bond acceptors (Lipinski definition) is 6. The first-order valence-corrected chi connectivity index (χ1v) is 10.2. The standard InChI is InChI=1S/C15H20N2O3S2/c1-3-17(11-5-7-12(8-6-11)20-4-2)15-16-13-9-22(18,19)10-14(13)21-15/h5-8,13-14H,3-4,9-10H2,1-2H3/t13-,14-/m1/s1. The van der Waals surface area contributed by atoms with Crippen molar-refractivity contribution in [3.63, 3.8) is 0 Å². The van der Waals surface area contributed by atoms with Gasteiger partial charge in [0.05, 0.1) is 24.2 Å². The van der Waals surface area contributed by atoms with Crippen LogP contribution in [0.2, 0.25) is 0 Å². The van der Waals surface area contributed by atoms with Gasteiger partial charge in [-0.05, 0) is 38.1 Å². The highest BCUT2D eigenvalue weighted by Crippen LogP contribution is 2.36. The van der Waals surface area contributed by atoms with E-state index in [1.807, 2.05) is 31.2 Å². The first-order valence-electron chi connectivity index (χ1n) is 7.47. The molecule has 0 radical (unpaired) electrons. The minimum atomic E-state index is -2.90. The molecule has 1 fully saturated rings. The van der Waals surface area contributed by atoms with E-state index in [-0.39, 0.29) is 22.8 Å². The predicted molar refractivity (Wildman–Crippen MR) is 91.9 cm³/mol. The summed E-state index contributed by atoms with van der Waals surface area (Å²) in [5, 5.41) is 1.01. The molecule has 2 atom stereocenters. The maximum absolute atomic E-state index is 11.6. The number of fused-ring (bicyclic) bond motifs is 1. The molecule has 0 spiro atoms. The van der Waals surface area contributed by atoms with Gasteiger partial charge >= 0.3 is 0 Å². The van der Waals surface area contributed by atoms with Gasteiger partial charge in [-0.1, -0.05) is 11.8 Å². The van der Waals surface area contributed by atoms with E-state index in [1.54, 1.807) is 11.8 Å². The number of benzene rings is 1. The quantitative estimate of drug-likeness (QED) is 0.841. The van der Waals surface area contributed by atoms with Crippen molar-refractivity contribution in [3.05, 3.63) is 24.3 Å². The van der Waals surface area contributed by atoms with E-state index in [2.05, 4.69) is 16.8 Å². The van der Waals surface area contributed by atoms with Gasteiger partial charge < -0.3 is 9.64 Å². The topological polar surface area (TPSA) is 59.0 Å². The molecule has 0 aromatic heterocycles. The van der Waals surface area contributed by atoms with Crippen molar-refractivity contribution in [3.8, 4) is 5.75 Å². The molecule has 22 heavy (non-hydrogen) atoms. The number of ether oxygens (including phenoxy) is 1. The van der Waals surface area contributed by atoms with E-state index in [9.17, 15) is 8.42 Å².